The van der Waals surface area contributed by atoms with Gasteiger partial charge in [-0.25, -0.2) is 8.42 Å². The molecule has 1 fully saturated rings. The lowest BCUT2D eigenvalue weighted by atomic mass is 9.93. The lowest BCUT2D eigenvalue weighted by molar-refractivity contribution is -0.137. The summed E-state index contributed by atoms with van der Waals surface area (Å²) in [7, 11) is -2.36. The number of benzene rings is 1. The Labute approximate surface area is 165 Å². The topological polar surface area (TPSA) is 72.6 Å². The van der Waals surface area contributed by atoms with Crippen LogP contribution in [0.2, 0.25) is 0 Å². The molecule has 0 spiro atoms. The molecule has 1 aromatic carbocycles. The number of sulfonamides is 1. The standard InChI is InChI=1S/C19H29F3N2O3S/c1-3-15(23)12-13-27-17-8-6-16(7-9-17)24(2)28(25,26)18-10-4-14(5-11-18)19(20,21)22/h4-5,10-11,15-17H,3,6-9,12-13,23H2,1-2H3. The van der Waals surface area contributed by atoms with Crippen molar-refractivity contribution in [2.45, 2.75) is 74.7 Å². The summed E-state index contributed by atoms with van der Waals surface area (Å²) >= 11 is 0. The SMILES string of the molecule is CCC(N)CCOC1CCC(N(C)S(=O)(=O)c2ccc(C(F)(F)F)cc2)CC1. The predicted octanol–water partition coefficient (Wildman–Crippen LogP) is 3.78. The molecule has 0 aliphatic heterocycles. The average Bonchev–Trinajstić information content (AvgIpc) is 2.67. The first-order chi connectivity index (χ1) is 13.1. The van der Waals surface area contributed by atoms with Crippen molar-refractivity contribution in [2.24, 2.45) is 5.73 Å². The third-order valence-corrected chi connectivity index (χ3v) is 7.31. The van der Waals surface area contributed by atoms with Gasteiger partial charge in [0.25, 0.3) is 0 Å². The van der Waals surface area contributed by atoms with Crippen molar-refractivity contribution in [3.05, 3.63) is 29.8 Å². The lowest BCUT2D eigenvalue weighted by Crippen LogP contribution is -2.40. The van der Waals surface area contributed by atoms with Crippen molar-refractivity contribution in [3.8, 4) is 0 Å². The molecule has 0 aromatic heterocycles. The highest BCUT2D eigenvalue weighted by molar-refractivity contribution is 7.89. The second-order valence-electron chi connectivity index (χ2n) is 7.30. The summed E-state index contributed by atoms with van der Waals surface area (Å²) in [6.45, 7) is 2.63. The molecule has 1 saturated carbocycles. The van der Waals surface area contributed by atoms with Crippen LogP contribution in [0.5, 0.6) is 0 Å². The molecule has 2 N–H and O–H groups in total. The van der Waals surface area contributed by atoms with Gasteiger partial charge >= 0.3 is 6.18 Å². The molecule has 1 aliphatic carbocycles. The zero-order chi connectivity index (χ0) is 20.9. The fourth-order valence-electron chi connectivity index (χ4n) is 3.34. The summed E-state index contributed by atoms with van der Waals surface area (Å²) < 4.78 is 70.7. The highest BCUT2D eigenvalue weighted by atomic mass is 32.2. The minimum Gasteiger partial charge on any atom is -0.378 e. The van der Waals surface area contributed by atoms with Crippen molar-refractivity contribution in [3.63, 3.8) is 0 Å². The Morgan fingerprint density at radius 3 is 2.25 bits per heavy atom. The molecule has 2 rings (SSSR count). The third-order valence-electron chi connectivity index (χ3n) is 5.38. The minimum absolute atomic E-state index is 0.0995. The summed E-state index contributed by atoms with van der Waals surface area (Å²) in [5, 5.41) is 0. The highest BCUT2D eigenvalue weighted by Gasteiger charge is 2.34. The molecule has 1 aliphatic rings. The molecule has 0 amide bonds. The van der Waals surface area contributed by atoms with E-state index >= 15 is 0 Å². The van der Waals surface area contributed by atoms with Gasteiger partial charge in [0.15, 0.2) is 0 Å². The van der Waals surface area contributed by atoms with Crippen LogP contribution >= 0.6 is 0 Å². The predicted molar refractivity (Wildman–Crippen MR) is 101 cm³/mol. The number of nitrogens with two attached hydrogens (primary N) is 1. The monoisotopic (exact) mass is 422 g/mol. The molecule has 0 saturated heterocycles. The second kappa shape index (κ2) is 9.56. The zero-order valence-electron chi connectivity index (χ0n) is 16.3. The van der Waals surface area contributed by atoms with Gasteiger partial charge in [-0.2, -0.15) is 17.5 Å². The van der Waals surface area contributed by atoms with E-state index in [1.807, 2.05) is 6.92 Å². The van der Waals surface area contributed by atoms with Crippen LogP contribution in [-0.2, 0) is 20.9 Å². The van der Waals surface area contributed by atoms with E-state index in [9.17, 15) is 21.6 Å². The first-order valence-corrected chi connectivity index (χ1v) is 11.0. The van der Waals surface area contributed by atoms with E-state index in [-0.39, 0.29) is 23.1 Å². The summed E-state index contributed by atoms with van der Waals surface area (Å²) in [6.07, 6.45) is 0.122. The van der Waals surface area contributed by atoms with Gasteiger partial charge in [-0.1, -0.05) is 6.92 Å². The van der Waals surface area contributed by atoms with Crippen molar-refractivity contribution in [2.75, 3.05) is 13.7 Å². The van der Waals surface area contributed by atoms with Crippen molar-refractivity contribution in [1.82, 2.24) is 4.31 Å². The molecule has 0 radical (unpaired) electrons. The fraction of sp³-hybridized carbons (Fsp3) is 0.684. The van der Waals surface area contributed by atoms with Crippen LogP contribution in [0.3, 0.4) is 0 Å². The Morgan fingerprint density at radius 1 is 1.18 bits per heavy atom. The third kappa shape index (κ3) is 5.92. The van der Waals surface area contributed by atoms with E-state index in [4.69, 9.17) is 10.5 Å². The van der Waals surface area contributed by atoms with Gasteiger partial charge in [0.05, 0.1) is 16.6 Å². The number of rotatable bonds is 8. The molecule has 0 bridgehead atoms. The van der Waals surface area contributed by atoms with E-state index in [0.29, 0.717) is 19.4 Å². The van der Waals surface area contributed by atoms with Gasteiger partial charge in [0.1, 0.15) is 0 Å². The Balaban J connectivity index is 1.92. The van der Waals surface area contributed by atoms with Crippen molar-refractivity contribution >= 4 is 10.0 Å². The van der Waals surface area contributed by atoms with Crippen LogP contribution in [0.15, 0.2) is 29.2 Å². The number of ether oxygens (including phenoxy) is 1. The van der Waals surface area contributed by atoms with E-state index < -0.39 is 21.8 Å². The Kier molecular flexibility index (Phi) is 7.89. The molecular weight excluding hydrogens is 393 g/mol. The molecular formula is C19H29F3N2O3S. The maximum atomic E-state index is 12.8. The minimum atomic E-state index is -4.49. The smallest absolute Gasteiger partial charge is 0.378 e. The summed E-state index contributed by atoms with van der Waals surface area (Å²) in [5.74, 6) is 0. The summed E-state index contributed by atoms with van der Waals surface area (Å²) in [4.78, 5) is -0.130. The number of alkyl halides is 3. The van der Waals surface area contributed by atoms with Crippen LogP contribution in [0.4, 0.5) is 13.2 Å². The fourth-order valence-corrected chi connectivity index (χ4v) is 4.76. The zero-order valence-corrected chi connectivity index (χ0v) is 17.1. The van der Waals surface area contributed by atoms with E-state index in [0.717, 1.165) is 49.9 Å². The van der Waals surface area contributed by atoms with Crippen molar-refractivity contribution in [1.29, 1.82) is 0 Å². The summed E-state index contributed by atoms with van der Waals surface area (Å²) in [5.41, 5.74) is 5.00. The van der Waals surface area contributed by atoms with Gasteiger partial charge in [-0.3, -0.25) is 0 Å². The maximum absolute atomic E-state index is 12.8. The maximum Gasteiger partial charge on any atom is 0.416 e. The Bertz CT molecular complexity index is 715. The largest absolute Gasteiger partial charge is 0.416 e. The first kappa shape index (κ1) is 23.1. The number of hydrogen-bond acceptors (Lipinski definition) is 4. The highest BCUT2D eigenvalue weighted by Crippen LogP contribution is 2.32. The van der Waals surface area contributed by atoms with Crippen LogP contribution in [0, 0.1) is 0 Å². The Morgan fingerprint density at radius 2 is 1.75 bits per heavy atom. The normalized spacial score (nSPS) is 22.4. The van der Waals surface area contributed by atoms with Gasteiger partial charge < -0.3 is 10.5 Å². The lowest BCUT2D eigenvalue weighted by Gasteiger charge is -2.34. The molecule has 1 aromatic rings. The molecule has 5 nitrogen and oxygen atoms in total. The Hall–Kier alpha value is -1.16. The van der Waals surface area contributed by atoms with E-state index in [2.05, 4.69) is 0 Å². The van der Waals surface area contributed by atoms with Gasteiger partial charge in [0, 0.05) is 25.7 Å². The number of nitrogens with zero attached hydrogens (tertiary/aromatic N) is 1. The molecule has 160 valence electrons. The second-order valence-corrected chi connectivity index (χ2v) is 9.30. The first-order valence-electron chi connectivity index (χ1n) is 9.58. The molecule has 28 heavy (non-hydrogen) atoms. The van der Waals surface area contributed by atoms with Crippen LogP contribution in [0.25, 0.3) is 0 Å². The van der Waals surface area contributed by atoms with Gasteiger partial charge in [-0.05, 0) is 62.8 Å². The van der Waals surface area contributed by atoms with Crippen LogP contribution in [-0.4, -0.2) is 44.6 Å². The average molecular weight is 423 g/mol. The van der Waals surface area contributed by atoms with E-state index in [1.165, 1.54) is 11.4 Å². The quantitative estimate of drug-likeness (QED) is 0.692. The molecule has 1 unspecified atom stereocenters. The molecule has 9 heteroatoms. The van der Waals surface area contributed by atoms with Gasteiger partial charge in [0.2, 0.25) is 10.0 Å². The number of hydrogen-bond donors (Lipinski definition) is 1. The van der Waals surface area contributed by atoms with E-state index in [1.54, 1.807) is 0 Å². The van der Waals surface area contributed by atoms with Crippen LogP contribution < -0.4 is 5.73 Å². The summed E-state index contributed by atoms with van der Waals surface area (Å²) in [6, 6.07) is 3.57. The van der Waals surface area contributed by atoms with Crippen molar-refractivity contribution < 1.29 is 26.3 Å². The van der Waals surface area contributed by atoms with Gasteiger partial charge in [-0.15, -0.1) is 0 Å². The molecule has 0 heterocycles. The molecule has 1 atom stereocenters. The van der Waals surface area contributed by atoms with Crippen LogP contribution in [0.1, 0.15) is 51.0 Å². The number of halogens is 3.